The number of hydrogen-bond acceptors (Lipinski definition) is 2. The second kappa shape index (κ2) is 5.24. The number of anilines is 1. The standard InChI is InChI=1S/C14H21NO/c1-11-10-13(8-9-14(11)16-2)15-12-6-4-3-5-7-12/h8-10,12,15H,3-7H2,1-2H3. The fourth-order valence-electron chi connectivity index (χ4n) is 2.45. The summed E-state index contributed by atoms with van der Waals surface area (Å²) in [5, 5.41) is 3.62. The fraction of sp³-hybridized carbons (Fsp3) is 0.571. The highest BCUT2D eigenvalue weighted by Crippen LogP contribution is 2.25. The number of benzene rings is 1. The zero-order valence-corrected chi connectivity index (χ0v) is 10.3. The lowest BCUT2D eigenvalue weighted by molar-refractivity contribution is 0.411. The Hall–Kier alpha value is -1.18. The van der Waals surface area contributed by atoms with Gasteiger partial charge in [0, 0.05) is 11.7 Å². The van der Waals surface area contributed by atoms with E-state index in [4.69, 9.17) is 4.74 Å². The lowest BCUT2D eigenvalue weighted by atomic mass is 9.95. The first-order valence-corrected chi connectivity index (χ1v) is 6.21. The third kappa shape index (κ3) is 2.69. The molecule has 0 aliphatic heterocycles. The first-order valence-electron chi connectivity index (χ1n) is 6.21. The summed E-state index contributed by atoms with van der Waals surface area (Å²) in [4.78, 5) is 0. The summed E-state index contributed by atoms with van der Waals surface area (Å²) in [5.74, 6) is 0.967. The molecule has 1 aliphatic carbocycles. The van der Waals surface area contributed by atoms with Crippen LogP contribution in [0.1, 0.15) is 37.7 Å². The molecule has 2 rings (SSSR count). The Morgan fingerprint density at radius 1 is 1.19 bits per heavy atom. The van der Waals surface area contributed by atoms with E-state index in [0.717, 1.165) is 5.75 Å². The van der Waals surface area contributed by atoms with Crippen LogP contribution in [0.2, 0.25) is 0 Å². The van der Waals surface area contributed by atoms with E-state index in [2.05, 4.69) is 24.4 Å². The van der Waals surface area contributed by atoms with Gasteiger partial charge in [-0.2, -0.15) is 0 Å². The molecule has 1 saturated carbocycles. The van der Waals surface area contributed by atoms with Gasteiger partial charge in [-0.3, -0.25) is 0 Å². The molecule has 1 N–H and O–H groups in total. The molecule has 1 fully saturated rings. The van der Waals surface area contributed by atoms with Gasteiger partial charge < -0.3 is 10.1 Å². The van der Waals surface area contributed by atoms with Crippen molar-refractivity contribution in [2.45, 2.75) is 45.1 Å². The SMILES string of the molecule is COc1ccc(NC2CCCCC2)cc1C. The Kier molecular flexibility index (Phi) is 3.70. The molecule has 0 spiro atoms. The maximum absolute atomic E-state index is 5.26. The van der Waals surface area contributed by atoms with Gasteiger partial charge in [0.05, 0.1) is 7.11 Å². The minimum absolute atomic E-state index is 0.668. The lowest BCUT2D eigenvalue weighted by Gasteiger charge is -2.24. The topological polar surface area (TPSA) is 21.3 Å². The molecule has 2 heteroatoms. The molecule has 1 aromatic rings. The maximum atomic E-state index is 5.26. The predicted octanol–water partition coefficient (Wildman–Crippen LogP) is 3.75. The second-order valence-corrected chi connectivity index (χ2v) is 4.66. The lowest BCUT2D eigenvalue weighted by Crippen LogP contribution is -2.22. The molecule has 0 radical (unpaired) electrons. The van der Waals surface area contributed by atoms with Gasteiger partial charge in [-0.25, -0.2) is 0 Å². The molecular formula is C14H21NO. The van der Waals surface area contributed by atoms with Crippen molar-refractivity contribution in [3.63, 3.8) is 0 Å². The molecule has 0 amide bonds. The van der Waals surface area contributed by atoms with Gasteiger partial charge in [0.2, 0.25) is 0 Å². The van der Waals surface area contributed by atoms with Gasteiger partial charge in [0.25, 0.3) is 0 Å². The molecule has 0 atom stereocenters. The smallest absolute Gasteiger partial charge is 0.121 e. The molecule has 0 saturated heterocycles. The Balaban J connectivity index is 2.01. The normalized spacial score (nSPS) is 17.1. The van der Waals surface area contributed by atoms with E-state index < -0.39 is 0 Å². The van der Waals surface area contributed by atoms with Crippen LogP contribution in [0.5, 0.6) is 5.75 Å². The van der Waals surface area contributed by atoms with E-state index in [1.165, 1.54) is 43.4 Å². The van der Waals surface area contributed by atoms with Gasteiger partial charge in [-0.15, -0.1) is 0 Å². The molecule has 88 valence electrons. The molecule has 0 heterocycles. The van der Waals surface area contributed by atoms with Crippen LogP contribution in [0, 0.1) is 6.92 Å². The monoisotopic (exact) mass is 219 g/mol. The van der Waals surface area contributed by atoms with Crippen LogP contribution in [0.25, 0.3) is 0 Å². The highest BCUT2D eigenvalue weighted by atomic mass is 16.5. The third-order valence-corrected chi connectivity index (χ3v) is 3.37. The average molecular weight is 219 g/mol. The molecule has 0 aromatic heterocycles. The molecule has 0 unspecified atom stereocenters. The van der Waals surface area contributed by atoms with Crippen LogP contribution in [0.15, 0.2) is 18.2 Å². The molecule has 1 aliphatic rings. The van der Waals surface area contributed by atoms with Crippen molar-refractivity contribution in [2.75, 3.05) is 12.4 Å². The predicted molar refractivity (Wildman–Crippen MR) is 68.2 cm³/mol. The number of ether oxygens (including phenoxy) is 1. The van der Waals surface area contributed by atoms with Crippen molar-refractivity contribution in [3.05, 3.63) is 23.8 Å². The quantitative estimate of drug-likeness (QED) is 0.836. The first kappa shape index (κ1) is 11.3. The van der Waals surface area contributed by atoms with E-state index in [0.29, 0.717) is 6.04 Å². The Morgan fingerprint density at radius 3 is 2.56 bits per heavy atom. The minimum Gasteiger partial charge on any atom is -0.496 e. The van der Waals surface area contributed by atoms with Crippen LogP contribution in [0.3, 0.4) is 0 Å². The summed E-state index contributed by atoms with van der Waals surface area (Å²) in [5.41, 5.74) is 2.42. The number of hydrogen-bond donors (Lipinski definition) is 1. The largest absolute Gasteiger partial charge is 0.496 e. The van der Waals surface area contributed by atoms with Gasteiger partial charge in [-0.05, 0) is 43.5 Å². The van der Waals surface area contributed by atoms with Gasteiger partial charge in [0.15, 0.2) is 0 Å². The zero-order valence-electron chi connectivity index (χ0n) is 10.3. The van der Waals surface area contributed by atoms with Crippen molar-refractivity contribution >= 4 is 5.69 Å². The van der Waals surface area contributed by atoms with Gasteiger partial charge in [-0.1, -0.05) is 19.3 Å². The van der Waals surface area contributed by atoms with Crippen LogP contribution < -0.4 is 10.1 Å². The highest BCUT2D eigenvalue weighted by Gasteiger charge is 2.13. The summed E-state index contributed by atoms with van der Waals surface area (Å²) in [6.07, 6.45) is 6.76. The Labute approximate surface area is 98.0 Å². The first-order chi connectivity index (χ1) is 7.79. The number of nitrogens with one attached hydrogen (secondary N) is 1. The highest BCUT2D eigenvalue weighted by molar-refractivity contribution is 5.51. The summed E-state index contributed by atoms with van der Waals surface area (Å²) in [6, 6.07) is 7.00. The van der Waals surface area contributed by atoms with Crippen LogP contribution in [-0.4, -0.2) is 13.2 Å². The van der Waals surface area contributed by atoms with Crippen molar-refractivity contribution < 1.29 is 4.74 Å². The number of aryl methyl sites for hydroxylation is 1. The average Bonchev–Trinajstić information content (AvgIpc) is 2.31. The molecule has 16 heavy (non-hydrogen) atoms. The van der Waals surface area contributed by atoms with Crippen LogP contribution in [-0.2, 0) is 0 Å². The molecule has 1 aromatic carbocycles. The second-order valence-electron chi connectivity index (χ2n) is 4.66. The van der Waals surface area contributed by atoms with Crippen molar-refractivity contribution in [3.8, 4) is 5.75 Å². The summed E-state index contributed by atoms with van der Waals surface area (Å²) in [7, 11) is 1.72. The van der Waals surface area contributed by atoms with E-state index in [1.54, 1.807) is 7.11 Å². The van der Waals surface area contributed by atoms with Crippen LogP contribution in [0.4, 0.5) is 5.69 Å². The summed E-state index contributed by atoms with van der Waals surface area (Å²) in [6.45, 7) is 2.09. The maximum Gasteiger partial charge on any atom is 0.121 e. The number of rotatable bonds is 3. The van der Waals surface area contributed by atoms with E-state index in [1.807, 2.05) is 6.07 Å². The van der Waals surface area contributed by atoms with E-state index in [-0.39, 0.29) is 0 Å². The van der Waals surface area contributed by atoms with E-state index >= 15 is 0 Å². The molecular weight excluding hydrogens is 198 g/mol. The Bertz CT molecular complexity index is 343. The zero-order chi connectivity index (χ0) is 11.4. The van der Waals surface area contributed by atoms with Crippen LogP contribution >= 0.6 is 0 Å². The minimum atomic E-state index is 0.668. The third-order valence-electron chi connectivity index (χ3n) is 3.37. The molecule has 2 nitrogen and oxygen atoms in total. The molecule has 0 bridgehead atoms. The van der Waals surface area contributed by atoms with Gasteiger partial charge >= 0.3 is 0 Å². The van der Waals surface area contributed by atoms with Crippen molar-refractivity contribution in [2.24, 2.45) is 0 Å². The number of methoxy groups -OCH3 is 1. The van der Waals surface area contributed by atoms with E-state index in [9.17, 15) is 0 Å². The summed E-state index contributed by atoms with van der Waals surface area (Å²) >= 11 is 0. The van der Waals surface area contributed by atoms with Crippen molar-refractivity contribution in [1.82, 2.24) is 0 Å². The fourth-order valence-corrected chi connectivity index (χ4v) is 2.45. The van der Waals surface area contributed by atoms with Crippen molar-refractivity contribution in [1.29, 1.82) is 0 Å². The Morgan fingerprint density at radius 2 is 1.94 bits per heavy atom. The van der Waals surface area contributed by atoms with Gasteiger partial charge in [0.1, 0.15) is 5.75 Å². The summed E-state index contributed by atoms with van der Waals surface area (Å²) < 4.78 is 5.26.